The van der Waals surface area contributed by atoms with Crippen LogP contribution in [-0.2, 0) is 10.0 Å². The van der Waals surface area contributed by atoms with E-state index in [0.717, 1.165) is 19.3 Å². The second-order valence-corrected chi connectivity index (χ2v) is 9.40. The maximum Gasteiger partial charge on any atom is 0.255 e. The summed E-state index contributed by atoms with van der Waals surface area (Å²) in [5, 5.41) is 3.20. The number of sulfonamides is 1. The Morgan fingerprint density at radius 3 is 2.21 bits per heavy atom. The lowest BCUT2D eigenvalue weighted by molar-refractivity contribution is 0.102. The van der Waals surface area contributed by atoms with Crippen LogP contribution >= 0.6 is 23.2 Å². The second-order valence-electron chi connectivity index (χ2n) is 6.65. The van der Waals surface area contributed by atoms with E-state index in [9.17, 15) is 13.2 Å². The molecule has 0 aromatic heterocycles. The predicted molar refractivity (Wildman–Crippen MR) is 115 cm³/mol. The molecule has 9 heteroatoms. The number of anilines is 1. The molecule has 6 nitrogen and oxygen atoms in total. The molecule has 1 fully saturated rings. The number of carbonyl (C=O) groups is 1. The lowest BCUT2D eigenvalue weighted by atomic mass is 10.2. The summed E-state index contributed by atoms with van der Waals surface area (Å²) in [5.74, 6) is -0.0804. The zero-order valence-electron chi connectivity index (χ0n) is 16.0. The van der Waals surface area contributed by atoms with Crippen LogP contribution in [0.4, 0.5) is 5.69 Å². The number of nitrogens with zero attached hydrogens (tertiary/aromatic N) is 1. The molecule has 156 valence electrons. The minimum Gasteiger partial charge on any atom is -0.491 e. The highest BCUT2D eigenvalue weighted by Gasteiger charge is 2.25. The SMILES string of the molecule is CCOc1c(Cl)cc(C(=O)Nc2ccc(S(=O)(=O)N3CCCCC3)cc2)cc1Cl. The van der Waals surface area contributed by atoms with Crippen LogP contribution in [0.3, 0.4) is 0 Å². The van der Waals surface area contributed by atoms with Crippen molar-refractivity contribution in [3.8, 4) is 5.75 Å². The van der Waals surface area contributed by atoms with Gasteiger partial charge >= 0.3 is 0 Å². The monoisotopic (exact) mass is 456 g/mol. The van der Waals surface area contributed by atoms with Gasteiger partial charge in [-0.05, 0) is 56.2 Å². The van der Waals surface area contributed by atoms with E-state index in [1.165, 1.54) is 28.6 Å². The van der Waals surface area contributed by atoms with Gasteiger partial charge < -0.3 is 10.1 Å². The van der Waals surface area contributed by atoms with E-state index in [2.05, 4.69) is 5.32 Å². The van der Waals surface area contributed by atoms with E-state index in [1.54, 1.807) is 12.1 Å². The molecule has 3 rings (SSSR count). The number of ether oxygens (including phenoxy) is 1. The molecule has 1 aliphatic heterocycles. The zero-order valence-corrected chi connectivity index (χ0v) is 18.3. The Morgan fingerprint density at radius 1 is 1.07 bits per heavy atom. The first-order chi connectivity index (χ1) is 13.8. The van der Waals surface area contributed by atoms with E-state index in [4.69, 9.17) is 27.9 Å². The summed E-state index contributed by atoms with van der Waals surface area (Å²) in [4.78, 5) is 12.7. The number of nitrogens with one attached hydrogen (secondary N) is 1. The van der Waals surface area contributed by atoms with E-state index >= 15 is 0 Å². The molecule has 0 bridgehead atoms. The molecule has 1 amide bonds. The third-order valence-electron chi connectivity index (χ3n) is 4.61. The highest BCUT2D eigenvalue weighted by atomic mass is 35.5. The molecule has 1 aliphatic rings. The smallest absolute Gasteiger partial charge is 0.255 e. The lowest BCUT2D eigenvalue weighted by Crippen LogP contribution is -2.35. The molecule has 0 saturated carbocycles. The lowest BCUT2D eigenvalue weighted by Gasteiger charge is -2.25. The van der Waals surface area contributed by atoms with Gasteiger partial charge in [0.25, 0.3) is 5.91 Å². The Balaban J connectivity index is 1.73. The van der Waals surface area contributed by atoms with Crippen LogP contribution in [0.5, 0.6) is 5.75 Å². The van der Waals surface area contributed by atoms with Crippen molar-refractivity contribution in [2.24, 2.45) is 0 Å². The summed E-state index contributed by atoms with van der Waals surface area (Å²) >= 11 is 12.3. The normalized spacial score (nSPS) is 15.1. The van der Waals surface area contributed by atoms with Crippen LogP contribution in [0.1, 0.15) is 36.5 Å². The summed E-state index contributed by atoms with van der Waals surface area (Å²) < 4.78 is 32.3. The average molecular weight is 457 g/mol. The van der Waals surface area contributed by atoms with Crippen LogP contribution in [0.2, 0.25) is 10.0 Å². The van der Waals surface area contributed by atoms with Gasteiger partial charge in [-0.3, -0.25) is 4.79 Å². The van der Waals surface area contributed by atoms with Gasteiger partial charge in [0, 0.05) is 24.3 Å². The second kappa shape index (κ2) is 9.34. The van der Waals surface area contributed by atoms with E-state index in [0.29, 0.717) is 31.1 Å². The summed E-state index contributed by atoms with van der Waals surface area (Å²) in [5.41, 5.74) is 0.738. The predicted octanol–water partition coefficient (Wildman–Crippen LogP) is 4.82. The van der Waals surface area contributed by atoms with Gasteiger partial charge in [-0.1, -0.05) is 29.6 Å². The summed E-state index contributed by atoms with van der Waals surface area (Å²) in [6.07, 6.45) is 2.80. The molecule has 1 heterocycles. The Hall–Kier alpha value is -1.80. The van der Waals surface area contributed by atoms with E-state index < -0.39 is 15.9 Å². The Kier molecular flexibility index (Phi) is 7.05. The van der Waals surface area contributed by atoms with Crippen LogP contribution < -0.4 is 10.1 Å². The first-order valence-electron chi connectivity index (χ1n) is 9.36. The third kappa shape index (κ3) is 5.04. The topological polar surface area (TPSA) is 75.7 Å². The largest absolute Gasteiger partial charge is 0.491 e. The van der Waals surface area contributed by atoms with Crippen molar-refractivity contribution < 1.29 is 17.9 Å². The minimum atomic E-state index is -3.51. The summed E-state index contributed by atoms with van der Waals surface area (Å²) in [6, 6.07) is 9.07. The van der Waals surface area contributed by atoms with Gasteiger partial charge in [0.05, 0.1) is 21.5 Å². The van der Waals surface area contributed by atoms with E-state index in [-0.39, 0.29) is 20.5 Å². The number of amides is 1. The molecule has 0 spiro atoms. The van der Waals surface area contributed by atoms with Gasteiger partial charge in [0.15, 0.2) is 5.75 Å². The Bertz CT molecular complexity index is 965. The Morgan fingerprint density at radius 2 is 1.66 bits per heavy atom. The first kappa shape index (κ1) is 21.9. The zero-order chi connectivity index (χ0) is 21.0. The third-order valence-corrected chi connectivity index (χ3v) is 7.09. The molecule has 29 heavy (non-hydrogen) atoms. The van der Waals surface area contributed by atoms with Crippen molar-refractivity contribution in [3.05, 3.63) is 52.0 Å². The molecule has 0 unspecified atom stereocenters. The number of rotatable bonds is 6. The fourth-order valence-electron chi connectivity index (χ4n) is 3.14. The fourth-order valence-corrected chi connectivity index (χ4v) is 5.25. The number of piperidine rings is 1. The Labute approximate surface area is 180 Å². The van der Waals surface area contributed by atoms with Crippen LogP contribution in [0, 0.1) is 0 Å². The highest BCUT2D eigenvalue weighted by Crippen LogP contribution is 2.34. The van der Waals surface area contributed by atoms with Gasteiger partial charge in [-0.15, -0.1) is 0 Å². The van der Waals surface area contributed by atoms with Crippen molar-refractivity contribution in [1.82, 2.24) is 4.31 Å². The van der Waals surface area contributed by atoms with Gasteiger partial charge in [0.2, 0.25) is 10.0 Å². The number of benzene rings is 2. The van der Waals surface area contributed by atoms with Crippen molar-refractivity contribution in [1.29, 1.82) is 0 Å². The molecular formula is C20H22Cl2N2O4S. The molecular weight excluding hydrogens is 435 g/mol. The number of hydrogen-bond acceptors (Lipinski definition) is 4. The van der Waals surface area contributed by atoms with Crippen LogP contribution in [-0.4, -0.2) is 38.3 Å². The number of hydrogen-bond donors (Lipinski definition) is 1. The van der Waals surface area contributed by atoms with Crippen molar-refractivity contribution in [2.75, 3.05) is 25.0 Å². The number of carbonyl (C=O) groups excluding carboxylic acids is 1. The maximum atomic E-state index is 12.7. The van der Waals surface area contributed by atoms with E-state index in [1.807, 2.05) is 6.92 Å². The van der Waals surface area contributed by atoms with Crippen molar-refractivity contribution in [2.45, 2.75) is 31.1 Å². The van der Waals surface area contributed by atoms with Crippen molar-refractivity contribution in [3.63, 3.8) is 0 Å². The molecule has 2 aromatic carbocycles. The maximum absolute atomic E-state index is 12.7. The summed E-state index contributed by atoms with van der Waals surface area (Å²) in [6.45, 7) is 3.29. The fraction of sp³-hybridized carbons (Fsp3) is 0.350. The average Bonchev–Trinajstić information content (AvgIpc) is 2.71. The molecule has 0 aliphatic carbocycles. The highest BCUT2D eigenvalue weighted by molar-refractivity contribution is 7.89. The molecule has 1 N–H and O–H groups in total. The van der Waals surface area contributed by atoms with Gasteiger partial charge in [-0.2, -0.15) is 4.31 Å². The van der Waals surface area contributed by atoms with Gasteiger partial charge in [0.1, 0.15) is 0 Å². The molecule has 0 atom stereocenters. The molecule has 1 saturated heterocycles. The first-order valence-corrected chi connectivity index (χ1v) is 11.6. The quantitative estimate of drug-likeness (QED) is 0.675. The van der Waals surface area contributed by atoms with Crippen LogP contribution in [0.15, 0.2) is 41.3 Å². The molecule has 0 radical (unpaired) electrons. The number of halogens is 2. The summed E-state index contributed by atoms with van der Waals surface area (Å²) in [7, 11) is -3.51. The standard InChI is InChI=1S/C20H22Cl2N2O4S/c1-2-28-19-17(21)12-14(13-18(19)22)20(25)23-15-6-8-16(9-7-15)29(26,27)24-10-4-3-5-11-24/h6-9,12-13H,2-5,10-11H2,1H3,(H,23,25). The molecule has 2 aromatic rings. The van der Waals surface area contributed by atoms with Crippen molar-refractivity contribution >= 4 is 44.8 Å². The minimum absolute atomic E-state index is 0.213. The van der Waals surface area contributed by atoms with Gasteiger partial charge in [-0.25, -0.2) is 8.42 Å². The van der Waals surface area contributed by atoms with Crippen LogP contribution in [0.25, 0.3) is 0 Å².